The van der Waals surface area contributed by atoms with Crippen LogP contribution in [0, 0.1) is 0 Å². The van der Waals surface area contributed by atoms with Gasteiger partial charge in [0.25, 0.3) is 0 Å². The van der Waals surface area contributed by atoms with Crippen molar-refractivity contribution < 1.29 is 9.53 Å². The summed E-state index contributed by atoms with van der Waals surface area (Å²) in [7, 11) is 3.73. The largest absolute Gasteiger partial charge is 0.363 e. The van der Waals surface area contributed by atoms with Gasteiger partial charge in [-0.1, -0.05) is 0 Å². The number of hydrogen-bond acceptors (Lipinski definition) is 4. The molecule has 1 aliphatic rings. The Kier molecular flexibility index (Phi) is 5.18. The van der Waals surface area contributed by atoms with Gasteiger partial charge in [-0.3, -0.25) is 4.79 Å². The molecule has 1 aliphatic heterocycles. The number of rotatable bonds is 7. The van der Waals surface area contributed by atoms with Gasteiger partial charge >= 0.3 is 0 Å². The van der Waals surface area contributed by atoms with E-state index in [1.54, 1.807) is 4.90 Å². The molecule has 1 rings (SSSR count). The third-order valence-corrected chi connectivity index (χ3v) is 2.89. The summed E-state index contributed by atoms with van der Waals surface area (Å²) in [6.45, 7) is 5.59. The quantitative estimate of drug-likeness (QED) is 0.574. The Morgan fingerprint density at radius 3 is 2.75 bits per heavy atom. The summed E-state index contributed by atoms with van der Waals surface area (Å²) < 4.78 is 5.59. The molecule has 0 aliphatic carbocycles. The van der Waals surface area contributed by atoms with Crippen LogP contribution in [0.15, 0.2) is 0 Å². The molecule has 0 unspecified atom stereocenters. The summed E-state index contributed by atoms with van der Waals surface area (Å²) in [6.07, 6.45) is 0.970. The van der Waals surface area contributed by atoms with Gasteiger partial charge < -0.3 is 20.3 Å². The monoisotopic (exact) mass is 229 g/mol. The molecule has 0 radical (unpaired) electrons. The predicted octanol–water partition coefficient (Wildman–Crippen LogP) is -0.567. The molecular weight excluding hydrogens is 206 g/mol. The van der Waals surface area contributed by atoms with Gasteiger partial charge in [0.15, 0.2) is 0 Å². The van der Waals surface area contributed by atoms with E-state index in [-0.39, 0.29) is 18.1 Å². The molecule has 0 spiro atoms. The van der Waals surface area contributed by atoms with Crippen LogP contribution in [0.25, 0.3) is 0 Å². The van der Waals surface area contributed by atoms with Crippen LogP contribution < -0.4 is 10.6 Å². The molecule has 0 saturated carbocycles. The van der Waals surface area contributed by atoms with E-state index in [2.05, 4.69) is 10.6 Å². The summed E-state index contributed by atoms with van der Waals surface area (Å²) in [6, 6.07) is 0. The Balaban J connectivity index is 2.13. The molecular formula is C11H23N3O2. The van der Waals surface area contributed by atoms with Crippen molar-refractivity contribution >= 4 is 5.91 Å². The molecule has 0 aromatic heterocycles. The maximum atomic E-state index is 11.7. The van der Waals surface area contributed by atoms with Crippen molar-refractivity contribution in [2.45, 2.75) is 18.9 Å². The first-order chi connectivity index (χ1) is 7.57. The molecule has 5 nitrogen and oxygen atoms in total. The highest BCUT2D eigenvalue weighted by Gasteiger charge is 2.33. The molecule has 0 bridgehead atoms. The van der Waals surface area contributed by atoms with Crippen LogP contribution >= 0.6 is 0 Å². The zero-order valence-electron chi connectivity index (χ0n) is 10.5. The van der Waals surface area contributed by atoms with Gasteiger partial charge in [0.05, 0.1) is 5.60 Å². The standard InChI is InChI=1S/C11H23N3O2/c1-11(8-13-9-11)16-7-10(15)14(3)6-4-5-12-2/h12-13H,4-9H2,1-3H3. The molecule has 94 valence electrons. The van der Waals surface area contributed by atoms with Crippen LogP contribution in [-0.4, -0.2) is 63.3 Å². The number of ether oxygens (including phenoxy) is 1. The van der Waals surface area contributed by atoms with E-state index >= 15 is 0 Å². The van der Waals surface area contributed by atoms with Gasteiger partial charge in [-0.25, -0.2) is 0 Å². The molecule has 5 heteroatoms. The van der Waals surface area contributed by atoms with Crippen LogP contribution in [0.1, 0.15) is 13.3 Å². The van der Waals surface area contributed by atoms with Gasteiger partial charge in [0, 0.05) is 26.7 Å². The molecule has 1 heterocycles. The van der Waals surface area contributed by atoms with Crippen molar-refractivity contribution in [2.75, 3.05) is 46.9 Å². The number of amides is 1. The lowest BCUT2D eigenvalue weighted by atomic mass is 10.0. The fourth-order valence-electron chi connectivity index (χ4n) is 1.54. The normalized spacial score (nSPS) is 17.9. The van der Waals surface area contributed by atoms with E-state index in [0.717, 1.165) is 32.6 Å². The van der Waals surface area contributed by atoms with Crippen molar-refractivity contribution in [2.24, 2.45) is 0 Å². The Labute approximate surface area is 97.5 Å². The maximum Gasteiger partial charge on any atom is 0.248 e. The second-order valence-corrected chi connectivity index (χ2v) is 4.61. The number of nitrogens with one attached hydrogen (secondary N) is 2. The van der Waals surface area contributed by atoms with E-state index in [9.17, 15) is 4.79 Å². The number of carbonyl (C=O) groups excluding carboxylic acids is 1. The first-order valence-electron chi connectivity index (χ1n) is 5.81. The van der Waals surface area contributed by atoms with Crippen LogP contribution in [0.2, 0.25) is 0 Å². The van der Waals surface area contributed by atoms with E-state index in [0.29, 0.717) is 0 Å². The Hall–Kier alpha value is -0.650. The number of nitrogens with zero attached hydrogens (tertiary/aromatic N) is 1. The zero-order chi connectivity index (χ0) is 12.0. The highest BCUT2D eigenvalue weighted by Crippen LogP contribution is 2.14. The molecule has 1 amide bonds. The highest BCUT2D eigenvalue weighted by molar-refractivity contribution is 5.77. The lowest BCUT2D eigenvalue weighted by Gasteiger charge is -2.39. The van der Waals surface area contributed by atoms with Gasteiger partial charge in [-0.15, -0.1) is 0 Å². The van der Waals surface area contributed by atoms with Crippen molar-refractivity contribution in [1.29, 1.82) is 0 Å². The third kappa shape index (κ3) is 4.08. The fraction of sp³-hybridized carbons (Fsp3) is 0.909. The van der Waals surface area contributed by atoms with Gasteiger partial charge in [-0.05, 0) is 26.9 Å². The summed E-state index contributed by atoms with van der Waals surface area (Å²) in [4.78, 5) is 13.4. The molecule has 16 heavy (non-hydrogen) atoms. The summed E-state index contributed by atoms with van der Waals surface area (Å²) in [5, 5.41) is 6.20. The van der Waals surface area contributed by atoms with Gasteiger partial charge in [0.2, 0.25) is 5.91 Å². The van der Waals surface area contributed by atoms with Crippen LogP contribution in [-0.2, 0) is 9.53 Å². The molecule has 1 saturated heterocycles. The van der Waals surface area contributed by atoms with Crippen molar-refractivity contribution in [3.05, 3.63) is 0 Å². The second-order valence-electron chi connectivity index (χ2n) is 4.61. The maximum absolute atomic E-state index is 11.7. The summed E-state index contributed by atoms with van der Waals surface area (Å²) in [5.74, 6) is 0.0595. The van der Waals surface area contributed by atoms with Crippen LogP contribution in [0.4, 0.5) is 0 Å². The minimum absolute atomic E-state index is 0.0595. The molecule has 0 aromatic rings. The third-order valence-electron chi connectivity index (χ3n) is 2.89. The summed E-state index contributed by atoms with van der Waals surface area (Å²) >= 11 is 0. The minimum atomic E-state index is -0.137. The average molecular weight is 229 g/mol. The number of carbonyl (C=O) groups is 1. The Morgan fingerprint density at radius 1 is 1.56 bits per heavy atom. The van der Waals surface area contributed by atoms with Gasteiger partial charge in [-0.2, -0.15) is 0 Å². The zero-order valence-corrected chi connectivity index (χ0v) is 10.5. The Bertz CT molecular complexity index is 229. The predicted molar refractivity (Wildman–Crippen MR) is 63.4 cm³/mol. The lowest BCUT2D eigenvalue weighted by molar-refractivity contribution is -0.144. The minimum Gasteiger partial charge on any atom is -0.363 e. The number of hydrogen-bond donors (Lipinski definition) is 2. The fourth-order valence-corrected chi connectivity index (χ4v) is 1.54. The van der Waals surface area contributed by atoms with E-state index in [4.69, 9.17) is 4.74 Å². The van der Waals surface area contributed by atoms with Crippen molar-refractivity contribution in [1.82, 2.24) is 15.5 Å². The molecule has 2 N–H and O–H groups in total. The smallest absolute Gasteiger partial charge is 0.248 e. The van der Waals surface area contributed by atoms with Gasteiger partial charge in [0.1, 0.15) is 6.61 Å². The first kappa shape index (κ1) is 13.4. The van der Waals surface area contributed by atoms with E-state index in [1.807, 2.05) is 21.0 Å². The first-order valence-corrected chi connectivity index (χ1v) is 5.81. The Morgan fingerprint density at radius 2 is 2.25 bits per heavy atom. The lowest BCUT2D eigenvalue weighted by Crippen LogP contribution is -2.59. The number of likely N-dealkylation sites (N-methyl/N-ethyl adjacent to an activating group) is 1. The summed E-state index contributed by atoms with van der Waals surface area (Å²) in [5.41, 5.74) is -0.137. The second kappa shape index (κ2) is 6.18. The highest BCUT2D eigenvalue weighted by atomic mass is 16.5. The average Bonchev–Trinajstić information content (AvgIpc) is 2.23. The van der Waals surface area contributed by atoms with Crippen molar-refractivity contribution in [3.8, 4) is 0 Å². The molecule has 1 fully saturated rings. The molecule has 0 aromatic carbocycles. The van der Waals surface area contributed by atoms with Crippen molar-refractivity contribution in [3.63, 3.8) is 0 Å². The van der Waals surface area contributed by atoms with E-state index < -0.39 is 0 Å². The SMILES string of the molecule is CNCCCN(C)C(=O)COC1(C)CNC1. The van der Waals surface area contributed by atoms with Crippen LogP contribution in [0.3, 0.4) is 0 Å². The molecule has 0 atom stereocenters. The van der Waals surface area contributed by atoms with Crippen LogP contribution in [0.5, 0.6) is 0 Å². The topological polar surface area (TPSA) is 53.6 Å². The van der Waals surface area contributed by atoms with E-state index in [1.165, 1.54) is 0 Å².